The summed E-state index contributed by atoms with van der Waals surface area (Å²) < 4.78 is 5.00. The molecule has 0 aromatic heterocycles. The zero-order valence-corrected chi connectivity index (χ0v) is 10.3. The molecule has 17 heavy (non-hydrogen) atoms. The van der Waals surface area contributed by atoms with Crippen molar-refractivity contribution >= 4 is 0 Å². The van der Waals surface area contributed by atoms with E-state index in [2.05, 4.69) is 0 Å². The van der Waals surface area contributed by atoms with Crippen LogP contribution in [0, 0.1) is 0 Å². The van der Waals surface area contributed by atoms with Crippen LogP contribution in [0.5, 0.6) is 11.5 Å². The van der Waals surface area contributed by atoms with Gasteiger partial charge in [-0.2, -0.15) is 0 Å². The van der Waals surface area contributed by atoms with E-state index in [-0.39, 0.29) is 5.75 Å². The number of aliphatic hydroxyl groups is 2. The van der Waals surface area contributed by atoms with E-state index in [1.807, 2.05) is 6.92 Å². The lowest BCUT2D eigenvalue weighted by Gasteiger charge is -2.16. The van der Waals surface area contributed by atoms with Crippen molar-refractivity contribution in [1.29, 1.82) is 0 Å². The second-order valence-corrected chi connectivity index (χ2v) is 4.05. The molecule has 0 spiro atoms. The number of rotatable bonds is 6. The Bertz CT molecular complexity index is 351. The second kappa shape index (κ2) is 6.47. The van der Waals surface area contributed by atoms with Gasteiger partial charge in [-0.15, -0.1) is 0 Å². The molecule has 96 valence electrons. The summed E-state index contributed by atoms with van der Waals surface area (Å²) in [6, 6.07) is 5.25. The van der Waals surface area contributed by atoms with E-state index < -0.39 is 12.2 Å². The molecular formula is C13H20O4. The van der Waals surface area contributed by atoms with Crippen molar-refractivity contribution in [2.75, 3.05) is 7.11 Å². The number of para-hydroxylation sites is 1. The van der Waals surface area contributed by atoms with Gasteiger partial charge >= 0.3 is 0 Å². The molecule has 1 aromatic rings. The number of benzene rings is 1. The number of ether oxygens (including phenoxy) is 1. The number of aromatic hydroxyl groups is 1. The first-order chi connectivity index (χ1) is 8.10. The summed E-state index contributed by atoms with van der Waals surface area (Å²) in [6.07, 6.45) is -0.0317. The average molecular weight is 240 g/mol. The maximum Gasteiger partial charge on any atom is 0.160 e. The van der Waals surface area contributed by atoms with Crippen molar-refractivity contribution in [3.05, 3.63) is 23.8 Å². The monoisotopic (exact) mass is 240 g/mol. The normalized spacial score (nSPS) is 14.4. The van der Waals surface area contributed by atoms with Crippen LogP contribution in [0.1, 0.15) is 25.3 Å². The van der Waals surface area contributed by atoms with Crippen molar-refractivity contribution in [2.45, 2.75) is 38.4 Å². The van der Waals surface area contributed by atoms with E-state index in [9.17, 15) is 15.3 Å². The third kappa shape index (κ3) is 3.61. The van der Waals surface area contributed by atoms with Crippen molar-refractivity contribution in [2.24, 2.45) is 0 Å². The molecule has 0 saturated carbocycles. The van der Waals surface area contributed by atoms with Gasteiger partial charge in [-0.25, -0.2) is 0 Å². The molecule has 0 bridgehead atoms. The first-order valence-electron chi connectivity index (χ1n) is 5.81. The van der Waals surface area contributed by atoms with E-state index in [1.54, 1.807) is 18.2 Å². The van der Waals surface area contributed by atoms with Gasteiger partial charge in [0.15, 0.2) is 11.5 Å². The van der Waals surface area contributed by atoms with E-state index in [0.717, 1.165) is 0 Å². The fourth-order valence-corrected chi connectivity index (χ4v) is 1.70. The molecule has 2 unspecified atom stereocenters. The predicted molar refractivity (Wildman–Crippen MR) is 65.3 cm³/mol. The predicted octanol–water partition coefficient (Wildman–Crippen LogP) is 1.47. The summed E-state index contributed by atoms with van der Waals surface area (Å²) >= 11 is 0. The maximum atomic E-state index is 9.83. The Morgan fingerprint density at radius 1 is 1.24 bits per heavy atom. The van der Waals surface area contributed by atoms with Crippen molar-refractivity contribution < 1.29 is 20.1 Å². The Hall–Kier alpha value is -1.26. The van der Waals surface area contributed by atoms with Crippen LogP contribution >= 0.6 is 0 Å². The van der Waals surface area contributed by atoms with Crippen LogP contribution in [-0.2, 0) is 6.42 Å². The molecule has 1 rings (SSSR count). The molecule has 2 atom stereocenters. The highest BCUT2D eigenvalue weighted by Crippen LogP contribution is 2.30. The first kappa shape index (κ1) is 13.8. The fraction of sp³-hybridized carbons (Fsp3) is 0.538. The first-order valence-corrected chi connectivity index (χ1v) is 5.81. The highest BCUT2D eigenvalue weighted by molar-refractivity contribution is 5.45. The lowest BCUT2D eigenvalue weighted by molar-refractivity contribution is 0.0130. The van der Waals surface area contributed by atoms with Gasteiger partial charge in [0.05, 0.1) is 19.3 Å². The number of aryl methyl sites for hydroxylation is 1. The quantitative estimate of drug-likeness (QED) is 0.704. The molecule has 0 amide bonds. The fourth-order valence-electron chi connectivity index (χ4n) is 1.70. The third-order valence-electron chi connectivity index (χ3n) is 2.87. The van der Waals surface area contributed by atoms with E-state index in [4.69, 9.17) is 4.74 Å². The number of hydrogen-bond donors (Lipinski definition) is 3. The highest BCUT2D eigenvalue weighted by atomic mass is 16.5. The molecule has 1 aromatic carbocycles. The molecule has 0 aliphatic rings. The molecule has 0 fully saturated rings. The summed E-state index contributed by atoms with van der Waals surface area (Å²) in [7, 11) is 1.49. The summed E-state index contributed by atoms with van der Waals surface area (Å²) in [5, 5.41) is 28.9. The summed E-state index contributed by atoms with van der Waals surface area (Å²) in [5.74, 6) is 0.529. The van der Waals surface area contributed by atoms with Crippen LogP contribution < -0.4 is 4.74 Å². The van der Waals surface area contributed by atoms with Gasteiger partial charge in [0.25, 0.3) is 0 Å². The van der Waals surface area contributed by atoms with Crippen LogP contribution in [0.25, 0.3) is 0 Å². The van der Waals surface area contributed by atoms with Crippen molar-refractivity contribution in [3.8, 4) is 11.5 Å². The lowest BCUT2D eigenvalue weighted by atomic mass is 10.0. The molecule has 0 heterocycles. The molecule has 4 heteroatoms. The van der Waals surface area contributed by atoms with Gasteiger partial charge in [0.2, 0.25) is 0 Å². The van der Waals surface area contributed by atoms with E-state index >= 15 is 0 Å². The molecule has 0 aliphatic heterocycles. The van der Waals surface area contributed by atoms with Gasteiger partial charge in [-0.3, -0.25) is 0 Å². The number of hydrogen-bond acceptors (Lipinski definition) is 4. The van der Waals surface area contributed by atoms with Gasteiger partial charge in [0.1, 0.15) is 0 Å². The number of phenolic OH excluding ortho intramolecular Hbond substituents is 1. The Morgan fingerprint density at radius 2 is 1.94 bits per heavy atom. The molecule has 0 radical (unpaired) electrons. The molecular weight excluding hydrogens is 220 g/mol. The zero-order valence-electron chi connectivity index (χ0n) is 10.3. The lowest BCUT2D eigenvalue weighted by Crippen LogP contribution is -2.25. The minimum absolute atomic E-state index is 0.105. The SMILES string of the molecule is CCC(O)C(O)CCc1cccc(OC)c1O. The van der Waals surface area contributed by atoms with Crippen LogP contribution in [0.3, 0.4) is 0 Å². The van der Waals surface area contributed by atoms with Crippen molar-refractivity contribution in [1.82, 2.24) is 0 Å². The highest BCUT2D eigenvalue weighted by Gasteiger charge is 2.15. The van der Waals surface area contributed by atoms with Gasteiger partial charge in [0, 0.05) is 0 Å². The standard InChI is InChI=1S/C13H20O4/c1-3-10(14)11(15)8-7-9-5-4-6-12(17-2)13(9)16/h4-6,10-11,14-16H,3,7-8H2,1-2H3. The summed E-state index contributed by atoms with van der Waals surface area (Å²) in [6.45, 7) is 1.82. The second-order valence-electron chi connectivity index (χ2n) is 4.05. The third-order valence-corrected chi connectivity index (χ3v) is 2.87. The van der Waals surface area contributed by atoms with Gasteiger partial charge < -0.3 is 20.1 Å². The Kier molecular flexibility index (Phi) is 5.25. The van der Waals surface area contributed by atoms with Crippen LogP contribution in [0.2, 0.25) is 0 Å². The largest absolute Gasteiger partial charge is 0.504 e. The Balaban J connectivity index is 2.63. The van der Waals surface area contributed by atoms with Crippen LogP contribution in [0.15, 0.2) is 18.2 Å². The smallest absolute Gasteiger partial charge is 0.160 e. The van der Waals surface area contributed by atoms with Crippen LogP contribution in [0.4, 0.5) is 0 Å². The Labute approximate surface area is 101 Å². The minimum atomic E-state index is -0.759. The van der Waals surface area contributed by atoms with E-state index in [1.165, 1.54) is 7.11 Å². The number of phenols is 1. The maximum absolute atomic E-state index is 9.83. The average Bonchev–Trinajstić information content (AvgIpc) is 2.36. The summed E-state index contributed by atoms with van der Waals surface area (Å²) in [5.41, 5.74) is 0.715. The van der Waals surface area contributed by atoms with Crippen LogP contribution in [-0.4, -0.2) is 34.6 Å². The molecule has 4 nitrogen and oxygen atoms in total. The molecule has 0 saturated heterocycles. The Morgan fingerprint density at radius 3 is 2.53 bits per heavy atom. The topological polar surface area (TPSA) is 69.9 Å². The number of aliphatic hydroxyl groups excluding tert-OH is 2. The summed E-state index contributed by atoms with van der Waals surface area (Å²) in [4.78, 5) is 0. The van der Waals surface area contributed by atoms with Crippen molar-refractivity contribution in [3.63, 3.8) is 0 Å². The van der Waals surface area contributed by atoms with Gasteiger partial charge in [-0.1, -0.05) is 19.1 Å². The zero-order chi connectivity index (χ0) is 12.8. The van der Waals surface area contributed by atoms with E-state index in [0.29, 0.717) is 30.6 Å². The molecule has 3 N–H and O–H groups in total. The number of methoxy groups -OCH3 is 1. The van der Waals surface area contributed by atoms with Gasteiger partial charge in [-0.05, 0) is 30.9 Å². The minimum Gasteiger partial charge on any atom is -0.504 e. The molecule has 0 aliphatic carbocycles.